The first-order chi connectivity index (χ1) is 14.4. The summed E-state index contributed by atoms with van der Waals surface area (Å²) in [6.45, 7) is 5.91. The third-order valence-corrected chi connectivity index (χ3v) is 6.88. The maximum Gasteiger partial charge on any atom is 0.222 e. The summed E-state index contributed by atoms with van der Waals surface area (Å²) in [7, 11) is 3.62. The van der Waals surface area contributed by atoms with Crippen LogP contribution in [0.2, 0.25) is 0 Å². The largest absolute Gasteiger partial charge is 0.496 e. The Labute approximate surface area is 178 Å². The highest BCUT2D eigenvalue weighted by atomic mass is 16.5. The van der Waals surface area contributed by atoms with Crippen LogP contribution in [0.1, 0.15) is 42.6 Å². The first kappa shape index (κ1) is 20.5. The SMILES string of the molecule is COc1ccc(CN2CCC3(CCC(=O)N(C)C3)CC2)cc1-c1cc(C#N)[nH]c1C. The lowest BCUT2D eigenvalue weighted by molar-refractivity contribution is -0.137. The van der Waals surface area contributed by atoms with Gasteiger partial charge in [0.2, 0.25) is 5.91 Å². The smallest absolute Gasteiger partial charge is 0.222 e. The molecule has 0 unspecified atom stereocenters. The van der Waals surface area contributed by atoms with Crippen LogP contribution in [0.4, 0.5) is 0 Å². The van der Waals surface area contributed by atoms with E-state index < -0.39 is 0 Å². The van der Waals surface area contributed by atoms with Gasteiger partial charge in [0.1, 0.15) is 17.5 Å². The van der Waals surface area contributed by atoms with Gasteiger partial charge in [0.05, 0.1) is 7.11 Å². The summed E-state index contributed by atoms with van der Waals surface area (Å²) in [5.74, 6) is 1.10. The summed E-state index contributed by atoms with van der Waals surface area (Å²) in [5.41, 5.74) is 5.12. The molecular formula is C24H30N4O2. The van der Waals surface area contributed by atoms with Crippen LogP contribution in [0.15, 0.2) is 24.3 Å². The molecule has 6 nitrogen and oxygen atoms in total. The number of aryl methyl sites for hydroxylation is 1. The van der Waals surface area contributed by atoms with Crippen molar-refractivity contribution in [3.8, 4) is 22.9 Å². The highest BCUT2D eigenvalue weighted by Gasteiger charge is 2.39. The molecule has 3 heterocycles. The maximum atomic E-state index is 11.9. The third-order valence-electron chi connectivity index (χ3n) is 6.88. The van der Waals surface area contributed by atoms with Crippen LogP contribution in [0.5, 0.6) is 5.75 Å². The summed E-state index contributed by atoms with van der Waals surface area (Å²) in [4.78, 5) is 19.4. The number of rotatable bonds is 4. The first-order valence-corrected chi connectivity index (χ1v) is 10.7. The van der Waals surface area contributed by atoms with E-state index >= 15 is 0 Å². The second-order valence-electron chi connectivity index (χ2n) is 8.89. The van der Waals surface area contributed by atoms with Gasteiger partial charge in [-0.3, -0.25) is 9.69 Å². The molecule has 2 fully saturated rings. The van der Waals surface area contributed by atoms with Crippen LogP contribution in [-0.4, -0.2) is 54.5 Å². The molecule has 4 rings (SSSR count). The highest BCUT2D eigenvalue weighted by molar-refractivity contribution is 5.77. The Morgan fingerprint density at radius 1 is 1.20 bits per heavy atom. The lowest BCUT2D eigenvalue weighted by Crippen LogP contribution is -2.50. The number of piperidine rings is 2. The van der Waals surface area contributed by atoms with Gasteiger partial charge in [0, 0.05) is 43.4 Å². The Kier molecular flexibility index (Phi) is 5.57. The third kappa shape index (κ3) is 3.95. The Morgan fingerprint density at radius 2 is 1.97 bits per heavy atom. The fraction of sp³-hybridized carbons (Fsp3) is 0.500. The zero-order valence-electron chi connectivity index (χ0n) is 18.1. The minimum Gasteiger partial charge on any atom is -0.496 e. The van der Waals surface area contributed by atoms with Crippen molar-refractivity contribution in [3.63, 3.8) is 0 Å². The van der Waals surface area contributed by atoms with E-state index in [0.29, 0.717) is 17.5 Å². The molecule has 1 aromatic heterocycles. The van der Waals surface area contributed by atoms with Crippen molar-refractivity contribution in [3.05, 3.63) is 41.2 Å². The van der Waals surface area contributed by atoms with Gasteiger partial charge in [0.15, 0.2) is 0 Å². The molecule has 158 valence electrons. The predicted octanol–water partition coefficient (Wildman–Crippen LogP) is 3.70. The number of carbonyl (C=O) groups excluding carboxylic acids is 1. The van der Waals surface area contributed by atoms with Crippen LogP contribution in [-0.2, 0) is 11.3 Å². The predicted molar refractivity (Wildman–Crippen MR) is 116 cm³/mol. The average molecular weight is 407 g/mol. The standard InChI is InChI=1S/C24H30N4O2/c1-17-20(13-19(14-25)26-17)21-12-18(4-5-22(21)30-3)15-28-10-8-24(9-11-28)7-6-23(29)27(2)16-24/h4-5,12-13,26H,6-11,15-16H2,1-3H3. The average Bonchev–Trinajstić information content (AvgIpc) is 3.13. The Bertz CT molecular complexity index is 980. The molecule has 1 spiro atoms. The normalized spacial score (nSPS) is 19.1. The van der Waals surface area contributed by atoms with E-state index in [1.54, 1.807) is 7.11 Å². The molecule has 0 radical (unpaired) electrons. The minimum atomic E-state index is 0.286. The van der Waals surface area contributed by atoms with Gasteiger partial charge in [-0.05, 0) is 68.5 Å². The number of aromatic nitrogens is 1. The second kappa shape index (κ2) is 8.16. The molecule has 0 bridgehead atoms. The second-order valence-corrected chi connectivity index (χ2v) is 8.89. The van der Waals surface area contributed by atoms with E-state index in [9.17, 15) is 10.1 Å². The summed E-state index contributed by atoms with van der Waals surface area (Å²) in [6, 6.07) is 10.4. The molecule has 0 atom stereocenters. The molecule has 1 amide bonds. The lowest BCUT2D eigenvalue weighted by atomic mass is 9.72. The van der Waals surface area contributed by atoms with Crippen molar-refractivity contribution in [1.82, 2.24) is 14.8 Å². The molecule has 1 N–H and O–H groups in total. The van der Waals surface area contributed by atoms with E-state index in [1.165, 1.54) is 5.56 Å². The van der Waals surface area contributed by atoms with E-state index in [-0.39, 0.29) is 5.91 Å². The molecule has 0 saturated carbocycles. The van der Waals surface area contributed by atoms with Gasteiger partial charge in [-0.2, -0.15) is 5.26 Å². The first-order valence-electron chi connectivity index (χ1n) is 10.7. The van der Waals surface area contributed by atoms with Crippen molar-refractivity contribution in [1.29, 1.82) is 5.26 Å². The van der Waals surface area contributed by atoms with Gasteiger partial charge in [-0.25, -0.2) is 0 Å². The Balaban J connectivity index is 1.48. The number of likely N-dealkylation sites (tertiary alicyclic amines) is 2. The van der Waals surface area contributed by atoms with Gasteiger partial charge >= 0.3 is 0 Å². The molecule has 2 aromatic rings. The van der Waals surface area contributed by atoms with Crippen molar-refractivity contribution in [2.24, 2.45) is 5.41 Å². The number of hydrogen-bond donors (Lipinski definition) is 1. The van der Waals surface area contributed by atoms with Gasteiger partial charge in [-0.15, -0.1) is 0 Å². The zero-order chi connectivity index (χ0) is 21.3. The summed E-state index contributed by atoms with van der Waals surface area (Å²) in [5, 5.41) is 9.21. The maximum absolute atomic E-state index is 11.9. The number of nitrogens with zero attached hydrogens (tertiary/aromatic N) is 3. The van der Waals surface area contributed by atoms with Crippen LogP contribution in [0, 0.1) is 23.7 Å². The molecule has 2 aliphatic heterocycles. The van der Waals surface area contributed by atoms with Crippen molar-refractivity contribution in [2.45, 2.75) is 39.2 Å². The molecule has 30 heavy (non-hydrogen) atoms. The van der Waals surface area contributed by atoms with Crippen molar-refractivity contribution in [2.75, 3.05) is 33.8 Å². The van der Waals surface area contributed by atoms with E-state index in [2.05, 4.69) is 28.1 Å². The quantitative estimate of drug-likeness (QED) is 0.840. The fourth-order valence-electron chi connectivity index (χ4n) is 5.05. The zero-order valence-corrected chi connectivity index (χ0v) is 18.1. The molecule has 1 aromatic carbocycles. The number of benzene rings is 1. The van der Waals surface area contributed by atoms with Gasteiger partial charge in [0.25, 0.3) is 0 Å². The van der Waals surface area contributed by atoms with Crippen molar-refractivity contribution < 1.29 is 9.53 Å². The molecule has 2 saturated heterocycles. The molecule has 0 aliphatic carbocycles. The summed E-state index contributed by atoms with van der Waals surface area (Å²) in [6.07, 6.45) is 4.02. The number of nitrogens with one attached hydrogen (secondary N) is 1. The van der Waals surface area contributed by atoms with Crippen LogP contribution >= 0.6 is 0 Å². The number of aromatic amines is 1. The van der Waals surface area contributed by atoms with Crippen LogP contribution in [0.25, 0.3) is 11.1 Å². The van der Waals surface area contributed by atoms with E-state index in [0.717, 1.165) is 68.0 Å². The minimum absolute atomic E-state index is 0.286. The highest BCUT2D eigenvalue weighted by Crippen LogP contribution is 2.40. The number of hydrogen-bond acceptors (Lipinski definition) is 4. The molecule has 2 aliphatic rings. The fourth-order valence-corrected chi connectivity index (χ4v) is 5.05. The number of ether oxygens (including phenoxy) is 1. The Morgan fingerprint density at radius 3 is 2.60 bits per heavy atom. The number of methoxy groups -OCH3 is 1. The summed E-state index contributed by atoms with van der Waals surface area (Å²) >= 11 is 0. The van der Waals surface area contributed by atoms with Crippen LogP contribution in [0.3, 0.4) is 0 Å². The number of nitriles is 1. The van der Waals surface area contributed by atoms with Crippen LogP contribution < -0.4 is 4.74 Å². The van der Waals surface area contributed by atoms with Gasteiger partial charge in [-0.1, -0.05) is 6.07 Å². The summed E-state index contributed by atoms with van der Waals surface area (Å²) < 4.78 is 5.59. The number of carbonyl (C=O) groups is 1. The van der Waals surface area contributed by atoms with E-state index in [4.69, 9.17) is 4.74 Å². The number of amides is 1. The van der Waals surface area contributed by atoms with Gasteiger partial charge < -0.3 is 14.6 Å². The topological polar surface area (TPSA) is 72.4 Å². The molecular weight excluding hydrogens is 376 g/mol. The lowest BCUT2D eigenvalue weighted by Gasteiger charge is -2.46. The molecule has 6 heteroatoms. The van der Waals surface area contributed by atoms with Crippen molar-refractivity contribution >= 4 is 5.91 Å². The monoisotopic (exact) mass is 406 g/mol. The number of H-pyrrole nitrogens is 1. The van der Waals surface area contributed by atoms with E-state index in [1.807, 2.05) is 31.0 Å². The Hall–Kier alpha value is -2.78.